The fourth-order valence-electron chi connectivity index (χ4n) is 1.52. The molecule has 0 radical (unpaired) electrons. The van der Waals surface area contributed by atoms with Crippen molar-refractivity contribution in [1.82, 2.24) is 0 Å². The predicted molar refractivity (Wildman–Crippen MR) is 72.9 cm³/mol. The van der Waals surface area contributed by atoms with Gasteiger partial charge in [-0.25, -0.2) is 0 Å². The van der Waals surface area contributed by atoms with E-state index in [0.717, 1.165) is 23.6 Å². The van der Waals surface area contributed by atoms with Crippen LogP contribution >= 0.6 is 0 Å². The molecule has 2 aromatic rings. The summed E-state index contributed by atoms with van der Waals surface area (Å²) >= 11 is 0. The minimum atomic E-state index is 0.636. The zero-order valence-corrected chi connectivity index (χ0v) is 10.2. The van der Waals surface area contributed by atoms with E-state index in [2.05, 4.69) is 0 Å². The van der Waals surface area contributed by atoms with Crippen molar-refractivity contribution in [2.45, 2.75) is 6.42 Å². The summed E-state index contributed by atoms with van der Waals surface area (Å²) in [7, 11) is 0. The first-order valence-corrected chi connectivity index (χ1v) is 6.01. The van der Waals surface area contributed by atoms with Crippen molar-refractivity contribution >= 4 is 5.69 Å². The number of hydrogen-bond acceptors (Lipinski definition) is 3. The SMILES string of the molecule is Nc1ccc(OCCCOc2ccccc2)cc1. The maximum absolute atomic E-state index is 5.59. The molecule has 94 valence electrons. The highest BCUT2D eigenvalue weighted by Gasteiger charge is 1.95. The van der Waals surface area contributed by atoms with Gasteiger partial charge < -0.3 is 15.2 Å². The Balaban J connectivity index is 1.63. The normalized spacial score (nSPS) is 10.0. The molecule has 2 N–H and O–H groups in total. The maximum atomic E-state index is 5.59. The number of rotatable bonds is 6. The van der Waals surface area contributed by atoms with Crippen LogP contribution in [-0.4, -0.2) is 13.2 Å². The van der Waals surface area contributed by atoms with E-state index in [0.29, 0.717) is 13.2 Å². The largest absolute Gasteiger partial charge is 0.493 e. The molecule has 0 aliphatic heterocycles. The third-order valence-corrected chi connectivity index (χ3v) is 2.45. The standard InChI is InChI=1S/C15H17NO2/c16-13-7-9-15(10-8-13)18-12-4-11-17-14-5-2-1-3-6-14/h1-3,5-10H,4,11-12,16H2. The summed E-state index contributed by atoms with van der Waals surface area (Å²) in [6.07, 6.45) is 0.846. The van der Waals surface area contributed by atoms with Gasteiger partial charge in [-0.2, -0.15) is 0 Å². The Morgan fingerprint density at radius 2 is 1.28 bits per heavy atom. The molecule has 0 saturated heterocycles. The molecule has 0 spiro atoms. The van der Waals surface area contributed by atoms with Gasteiger partial charge in [0.05, 0.1) is 13.2 Å². The lowest BCUT2D eigenvalue weighted by Crippen LogP contribution is -2.04. The number of ether oxygens (including phenoxy) is 2. The molecule has 0 amide bonds. The molecule has 3 nitrogen and oxygen atoms in total. The number of para-hydroxylation sites is 1. The summed E-state index contributed by atoms with van der Waals surface area (Å²) in [5.74, 6) is 1.73. The van der Waals surface area contributed by atoms with E-state index < -0.39 is 0 Å². The molecule has 0 bridgehead atoms. The molecular formula is C15H17NO2. The van der Waals surface area contributed by atoms with Crippen molar-refractivity contribution in [2.24, 2.45) is 0 Å². The summed E-state index contributed by atoms with van der Waals surface area (Å²) in [5.41, 5.74) is 6.34. The quantitative estimate of drug-likeness (QED) is 0.626. The molecule has 2 rings (SSSR count). The van der Waals surface area contributed by atoms with Gasteiger partial charge in [-0.05, 0) is 36.4 Å². The zero-order chi connectivity index (χ0) is 12.6. The van der Waals surface area contributed by atoms with Crippen molar-refractivity contribution in [3.8, 4) is 11.5 Å². The van der Waals surface area contributed by atoms with Gasteiger partial charge in [-0.1, -0.05) is 18.2 Å². The van der Waals surface area contributed by atoms with Crippen LogP contribution in [0.15, 0.2) is 54.6 Å². The zero-order valence-electron chi connectivity index (χ0n) is 10.2. The van der Waals surface area contributed by atoms with Crippen molar-refractivity contribution in [3.05, 3.63) is 54.6 Å². The van der Waals surface area contributed by atoms with Crippen molar-refractivity contribution in [1.29, 1.82) is 0 Å². The first-order valence-electron chi connectivity index (χ1n) is 6.01. The average molecular weight is 243 g/mol. The van der Waals surface area contributed by atoms with E-state index >= 15 is 0 Å². The van der Waals surface area contributed by atoms with Crippen LogP contribution in [0, 0.1) is 0 Å². The molecule has 3 heteroatoms. The van der Waals surface area contributed by atoms with E-state index in [1.165, 1.54) is 0 Å². The Hall–Kier alpha value is -2.16. The second kappa shape index (κ2) is 6.55. The minimum Gasteiger partial charge on any atom is -0.493 e. The van der Waals surface area contributed by atoms with E-state index in [1.54, 1.807) is 0 Å². The van der Waals surface area contributed by atoms with Crippen LogP contribution in [0.4, 0.5) is 5.69 Å². The molecule has 0 atom stereocenters. The topological polar surface area (TPSA) is 44.5 Å². The molecule has 0 aromatic heterocycles. The minimum absolute atomic E-state index is 0.636. The lowest BCUT2D eigenvalue weighted by Gasteiger charge is -2.08. The van der Waals surface area contributed by atoms with Crippen LogP contribution in [-0.2, 0) is 0 Å². The third-order valence-electron chi connectivity index (χ3n) is 2.45. The highest BCUT2D eigenvalue weighted by molar-refractivity contribution is 5.41. The van der Waals surface area contributed by atoms with Gasteiger partial charge in [0.25, 0.3) is 0 Å². The second-order valence-corrected chi connectivity index (χ2v) is 3.93. The van der Waals surface area contributed by atoms with Gasteiger partial charge in [-0.15, -0.1) is 0 Å². The van der Waals surface area contributed by atoms with Crippen LogP contribution in [0.1, 0.15) is 6.42 Å². The van der Waals surface area contributed by atoms with Crippen LogP contribution in [0.25, 0.3) is 0 Å². The fourth-order valence-corrected chi connectivity index (χ4v) is 1.52. The third kappa shape index (κ3) is 4.01. The van der Waals surface area contributed by atoms with E-state index in [1.807, 2.05) is 54.6 Å². The smallest absolute Gasteiger partial charge is 0.119 e. The summed E-state index contributed by atoms with van der Waals surface area (Å²) in [5, 5.41) is 0. The number of nitrogen functional groups attached to an aromatic ring is 1. The molecule has 2 aromatic carbocycles. The molecule has 0 aliphatic carbocycles. The van der Waals surface area contributed by atoms with Crippen molar-refractivity contribution in [3.63, 3.8) is 0 Å². The number of hydrogen-bond donors (Lipinski definition) is 1. The van der Waals surface area contributed by atoms with Crippen LogP contribution in [0.2, 0.25) is 0 Å². The maximum Gasteiger partial charge on any atom is 0.119 e. The lowest BCUT2D eigenvalue weighted by molar-refractivity contribution is 0.247. The Kier molecular flexibility index (Phi) is 4.47. The second-order valence-electron chi connectivity index (χ2n) is 3.93. The first-order chi connectivity index (χ1) is 8.84. The van der Waals surface area contributed by atoms with Crippen molar-refractivity contribution < 1.29 is 9.47 Å². The van der Waals surface area contributed by atoms with Gasteiger partial charge >= 0.3 is 0 Å². The predicted octanol–water partition coefficient (Wildman–Crippen LogP) is 3.12. The molecule has 0 unspecified atom stereocenters. The van der Waals surface area contributed by atoms with Gasteiger partial charge in [-0.3, -0.25) is 0 Å². The van der Waals surface area contributed by atoms with E-state index in [9.17, 15) is 0 Å². The van der Waals surface area contributed by atoms with Crippen LogP contribution in [0.3, 0.4) is 0 Å². The highest BCUT2D eigenvalue weighted by Crippen LogP contribution is 2.13. The fraction of sp³-hybridized carbons (Fsp3) is 0.200. The molecule has 0 saturated carbocycles. The van der Waals surface area contributed by atoms with Crippen molar-refractivity contribution in [2.75, 3.05) is 18.9 Å². The Bertz CT molecular complexity index is 454. The Labute approximate surface area is 107 Å². The molecule has 0 heterocycles. The average Bonchev–Trinajstić information content (AvgIpc) is 2.42. The number of anilines is 1. The lowest BCUT2D eigenvalue weighted by atomic mass is 10.3. The number of benzene rings is 2. The van der Waals surface area contributed by atoms with Gasteiger partial charge in [0, 0.05) is 12.1 Å². The van der Waals surface area contributed by atoms with E-state index in [4.69, 9.17) is 15.2 Å². The van der Waals surface area contributed by atoms with Gasteiger partial charge in [0.2, 0.25) is 0 Å². The highest BCUT2D eigenvalue weighted by atomic mass is 16.5. The molecular weight excluding hydrogens is 226 g/mol. The Morgan fingerprint density at radius 3 is 1.89 bits per heavy atom. The summed E-state index contributed by atoms with van der Waals surface area (Å²) in [6, 6.07) is 17.2. The van der Waals surface area contributed by atoms with E-state index in [-0.39, 0.29) is 0 Å². The summed E-state index contributed by atoms with van der Waals surface area (Å²) < 4.78 is 11.1. The molecule has 0 fully saturated rings. The summed E-state index contributed by atoms with van der Waals surface area (Å²) in [4.78, 5) is 0. The van der Waals surface area contributed by atoms with Crippen LogP contribution < -0.4 is 15.2 Å². The monoisotopic (exact) mass is 243 g/mol. The Morgan fingerprint density at radius 1 is 0.722 bits per heavy atom. The molecule has 0 aliphatic rings. The number of nitrogens with two attached hydrogens (primary N) is 1. The first kappa shape index (κ1) is 12.3. The molecule has 18 heavy (non-hydrogen) atoms. The van der Waals surface area contributed by atoms with Gasteiger partial charge in [0.15, 0.2) is 0 Å². The van der Waals surface area contributed by atoms with Gasteiger partial charge in [0.1, 0.15) is 11.5 Å². The van der Waals surface area contributed by atoms with Crippen LogP contribution in [0.5, 0.6) is 11.5 Å². The summed E-state index contributed by atoms with van der Waals surface area (Å²) in [6.45, 7) is 1.29.